The number of nitro benzene ring substituents is 1. The number of benzene rings is 1. The van der Waals surface area contributed by atoms with Crippen molar-refractivity contribution in [1.29, 1.82) is 5.26 Å². The summed E-state index contributed by atoms with van der Waals surface area (Å²) >= 11 is 5.62. The zero-order chi connectivity index (χ0) is 12.1. The first kappa shape index (κ1) is 11.9. The summed E-state index contributed by atoms with van der Waals surface area (Å²) in [6, 6.07) is 5.25. The van der Waals surface area contributed by atoms with E-state index in [4.69, 9.17) is 16.9 Å². The summed E-state index contributed by atoms with van der Waals surface area (Å²) in [6.45, 7) is -0.168. The van der Waals surface area contributed by atoms with Crippen molar-refractivity contribution >= 4 is 23.2 Å². The molecule has 0 aliphatic heterocycles. The van der Waals surface area contributed by atoms with Crippen LogP contribution in [-0.2, 0) is 0 Å². The Morgan fingerprint density at radius 3 is 2.81 bits per heavy atom. The molecule has 0 saturated carbocycles. The van der Waals surface area contributed by atoms with Crippen molar-refractivity contribution in [3.8, 4) is 6.07 Å². The summed E-state index contributed by atoms with van der Waals surface area (Å²) in [5.41, 5.74) is -0.218. The Bertz CT molecular complexity index is 481. The van der Waals surface area contributed by atoms with Crippen LogP contribution < -0.4 is 5.32 Å². The standard InChI is InChI=1S/C9H6ClN3O3/c10-7-3-6(9(14)12-2-1-11)4-8(5-7)13(15)16/h3-5H,2H2,(H,12,14). The first-order valence-electron chi connectivity index (χ1n) is 4.14. The van der Waals surface area contributed by atoms with Gasteiger partial charge in [-0.15, -0.1) is 0 Å². The van der Waals surface area contributed by atoms with Crippen LogP contribution in [0.2, 0.25) is 5.02 Å². The van der Waals surface area contributed by atoms with E-state index in [1.54, 1.807) is 6.07 Å². The van der Waals surface area contributed by atoms with Crippen LogP contribution in [0.1, 0.15) is 10.4 Å². The van der Waals surface area contributed by atoms with Crippen LogP contribution in [-0.4, -0.2) is 17.4 Å². The van der Waals surface area contributed by atoms with E-state index in [-0.39, 0.29) is 22.8 Å². The van der Waals surface area contributed by atoms with Crippen LogP contribution in [0.15, 0.2) is 18.2 Å². The molecule has 82 valence electrons. The third-order valence-electron chi connectivity index (χ3n) is 1.68. The molecule has 1 rings (SSSR count). The van der Waals surface area contributed by atoms with E-state index in [0.717, 1.165) is 12.1 Å². The topological polar surface area (TPSA) is 96.0 Å². The molecular formula is C9H6ClN3O3. The van der Waals surface area contributed by atoms with Gasteiger partial charge in [0.15, 0.2) is 0 Å². The number of nitrogens with zero attached hydrogens (tertiary/aromatic N) is 2. The predicted molar refractivity (Wildman–Crippen MR) is 56.1 cm³/mol. The van der Waals surface area contributed by atoms with E-state index in [9.17, 15) is 14.9 Å². The van der Waals surface area contributed by atoms with Gasteiger partial charge in [0, 0.05) is 22.7 Å². The lowest BCUT2D eigenvalue weighted by Crippen LogP contribution is -2.23. The van der Waals surface area contributed by atoms with Crippen LogP contribution in [0.5, 0.6) is 0 Å². The van der Waals surface area contributed by atoms with Gasteiger partial charge in [-0.25, -0.2) is 0 Å². The quantitative estimate of drug-likeness (QED) is 0.491. The van der Waals surface area contributed by atoms with Crippen LogP contribution in [0.25, 0.3) is 0 Å². The number of halogens is 1. The molecule has 7 heteroatoms. The third-order valence-corrected chi connectivity index (χ3v) is 1.90. The van der Waals surface area contributed by atoms with Crippen molar-refractivity contribution in [2.75, 3.05) is 6.54 Å². The number of carbonyl (C=O) groups excluding carboxylic acids is 1. The maximum atomic E-state index is 11.4. The number of hydrogen-bond donors (Lipinski definition) is 1. The van der Waals surface area contributed by atoms with Crippen LogP contribution in [0, 0.1) is 21.4 Å². The molecular weight excluding hydrogens is 234 g/mol. The zero-order valence-corrected chi connectivity index (χ0v) is 8.69. The molecule has 16 heavy (non-hydrogen) atoms. The van der Waals surface area contributed by atoms with E-state index >= 15 is 0 Å². The second-order valence-corrected chi connectivity index (χ2v) is 3.23. The van der Waals surface area contributed by atoms with Gasteiger partial charge < -0.3 is 5.32 Å². The fourth-order valence-corrected chi connectivity index (χ4v) is 1.26. The van der Waals surface area contributed by atoms with E-state index in [2.05, 4.69) is 5.32 Å². The average molecular weight is 240 g/mol. The Balaban J connectivity index is 3.01. The smallest absolute Gasteiger partial charge is 0.271 e. The molecule has 1 aromatic rings. The average Bonchev–Trinajstić information content (AvgIpc) is 2.24. The number of non-ortho nitro benzene ring substituents is 1. The highest BCUT2D eigenvalue weighted by atomic mass is 35.5. The molecule has 0 aliphatic carbocycles. The summed E-state index contributed by atoms with van der Waals surface area (Å²) in [5, 5.41) is 21.1. The van der Waals surface area contributed by atoms with Gasteiger partial charge in [0.25, 0.3) is 11.6 Å². The lowest BCUT2D eigenvalue weighted by molar-refractivity contribution is -0.384. The Morgan fingerprint density at radius 2 is 2.25 bits per heavy atom. The van der Waals surface area contributed by atoms with Crippen molar-refractivity contribution in [3.63, 3.8) is 0 Å². The lowest BCUT2D eigenvalue weighted by atomic mass is 10.2. The molecule has 1 amide bonds. The monoisotopic (exact) mass is 239 g/mol. The number of hydrogen-bond acceptors (Lipinski definition) is 4. The first-order valence-corrected chi connectivity index (χ1v) is 4.52. The van der Waals surface area contributed by atoms with Gasteiger partial charge in [0.2, 0.25) is 0 Å². The Kier molecular flexibility index (Phi) is 3.80. The van der Waals surface area contributed by atoms with Gasteiger partial charge >= 0.3 is 0 Å². The van der Waals surface area contributed by atoms with Crippen LogP contribution in [0.3, 0.4) is 0 Å². The molecule has 0 heterocycles. The molecule has 0 aromatic heterocycles. The minimum absolute atomic E-state index is 0.0504. The van der Waals surface area contributed by atoms with E-state index in [0.29, 0.717) is 0 Å². The predicted octanol–water partition coefficient (Wildman–Crippen LogP) is 1.50. The zero-order valence-electron chi connectivity index (χ0n) is 7.94. The highest BCUT2D eigenvalue weighted by Crippen LogP contribution is 2.20. The van der Waals surface area contributed by atoms with E-state index in [1.165, 1.54) is 6.07 Å². The molecule has 0 aliphatic rings. The molecule has 0 fully saturated rings. The van der Waals surface area contributed by atoms with Gasteiger partial charge in [-0.2, -0.15) is 5.26 Å². The van der Waals surface area contributed by atoms with Crippen LogP contribution in [0.4, 0.5) is 5.69 Å². The number of nitro groups is 1. The van der Waals surface area contributed by atoms with Gasteiger partial charge in [0.1, 0.15) is 6.54 Å². The SMILES string of the molecule is N#CCNC(=O)c1cc(Cl)cc([N+](=O)[O-])c1. The van der Waals surface area contributed by atoms with Gasteiger partial charge in [0.05, 0.1) is 11.0 Å². The minimum Gasteiger partial charge on any atom is -0.339 e. The first-order chi connectivity index (χ1) is 7.54. The molecule has 0 saturated heterocycles. The van der Waals surface area contributed by atoms with Crippen molar-refractivity contribution in [2.45, 2.75) is 0 Å². The Hall–Kier alpha value is -2.13. The summed E-state index contributed by atoms with van der Waals surface area (Å²) in [4.78, 5) is 21.2. The van der Waals surface area contributed by atoms with Crippen molar-refractivity contribution in [3.05, 3.63) is 38.9 Å². The number of rotatable bonds is 3. The van der Waals surface area contributed by atoms with Gasteiger partial charge in [-0.1, -0.05) is 11.6 Å². The van der Waals surface area contributed by atoms with E-state index < -0.39 is 10.8 Å². The van der Waals surface area contributed by atoms with Crippen molar-refractivity contribution in [2.24, 2.45) is 0 Å². The molecule has 0 unspecified atom stereocenters. The molecule has 6 nitrogen and oxygen atoms in total. The fourth-order valence-electron chi connectivity index (χ4n) is 1.03. The fraction of sp³-hybridized carbons (Fsp3) is 0.111. The third kappa shape index (κ3) is 2.93. The second kappa shape index (κ2) is 5.09. The number of carbonyl (C=O) groups is 1. The number of amides is 1. The molecule has 1 aromatic carbocycles. The molecule has 0 atom stereocenters. The summed E-state index contributed by atoms with van der Waals surface area (Å²) < 4.78 is 0. The summed E-state index contributed by atoms with van der Waals surface area (Å²) in [5.74, 6) is -0.577. The largest absolute Gasteiger partial charge is 0.339 e. The number of nitriles is 1. The van der Waals surface area contributed by atoms with Gasteiger partial charge in [-0.3, -0.25) is 14.9 Å². The van der Waals surface area contributed by atoms with Gasteiger partial charge in [-0.05, 0) is 6.07 Å². The Labute approximate surface area is 95.6 Å². The summed E-state index contributed by atoms with van der Waals surface area (Å²) in [6.07, 6.45) is 0. The normalized spacial score (nSPS) is 9.25. The van der Waals surface area contributed by atoms with Crippen molar-refractivity contribution < 1.29 is 9.72 Å². The molecule has 0 radical (unpaired) electrons. The highest BCUT2D eigenvalue weighted by Gasteiger charge is 2.13. The second-order valence-electron chi connectivity index (χ2n) is 2.80. The van der Waals surface area contributed by atoms with Crippen LogP contribution >= 0.6 is 11.6 Å². The Morgan fingerprint density at radius 1 is 1.56 bits per heavy atom. The summed E-state index contributed by atoms with van der Waals surface area (Å²) in [7, 11) is 0. The van der Waals surface area contributed by atoms with E-state index in [1.807, 2.05) is 0 Å². The highest BCUT2D eigenvalue weighted by molar-refractivity contribution is 6.31. The maximum Gasteiger partial charge on any atom is 0.271 e. The maximum absolute atomic E-state index is 11.4. The number of nitrogens with one attached hydrogen (secondary N) is 1. The van der Waals surface area contributed by atoms with Crippen molar-refractivity contribution in [1.82, 2.24) is 5.32 Å². The lowest BCUT2D eigenvalue weighted by Gasteiger charge is -2.01. The molecule has 0 spiro atoms. The molecule has 1 N–H and O–H groups in total. The molecule has 0 bridgehead atoms. The minimum atomic E-state index is -0.646.